The Kier molecular flexibility index (Phi) is 2.74. The number of nitrogens with zero attached hydrogens (tertiary/aromatic N) is 2. The highest BCUT2D eigenvalue weighted by Crippen LogP contribution is 2.15. The van der Waals surface area contributed by atoms with Crippen LogP contribution in [0.2, 0.25) is 5.02 Å². The zero-order chi connectivity index (χ0) is 10.7. The van der Waals surface area contributed by atoms with Crippen LogP contribution in [0.4, 0.5) is 0 Å². The molecule has 0 saturated heterocycles. The molecule has 0 aliphatic carbocycles. The zero-order valence-electron chi connectivity index (χ0n) is 7.72. The predicted octanol–water partition coefficient (Wildman–Crippen LogP) is 2.16. The van der Waals surface area contributed by atoms with Gasteiger partial charge in [-0.2, -0.15) is 0 Å². The number of halogens is 1. The van der Waals surface area contributed by atoms with Gasteiger partial charge in [-0.3, -0.25) is 9.78 Å². The summed E-state index contributed by atoms with van der Waals surface area (Å²) in [5.74, 6) is 0. The molecule has 4 heteroatoms. The molecule has 3 nitrogen and oxygen atoms in total. The Morgan fingerprint density at radius 1 is 1.00 bits per heavy atom. The molecule has 0 N–H and O–H groups in total. The van der Waals surface area contributed by atoms with Gasteiger partial charge in [0.1, 0.15) is 5.69 Å². The molecule has 0 radical (unpaired) electrons. The van der Waals surface area contributed by atoms with E-state index in [1.165, 1.54) is 6.20 Å². The van der Waals surface area contributed by atoms with Crippen molar-refractivity contribution in [1.82, 2.24) is 9.97 Å². The van der Waals surface area contributed by atoms with Gasteiger partial charge in [-0.1, -0.05) is 23.7 Å². The van der Waals surface area contributed by atoms with Crippen LogP contribution in [-0.4, -0.2) is 9.97 Å². The summed E-state index contributed by atoms with van der Waals surface area (Å²) in [5.41, 5.74) is 0.701. The molecule has 0 aliphatic rings. The van der Waals surface area contributed by atoms with E-state index in [0.717, 1.165) is 0 Å². The van der Waals surface area contributed by atoms with E-state index in [2.05, 4.69) is 9.97 Å². The molecule has 0 aliphatic heterocycles. The van der Waals surface area contributed by atoms with E-state index in [1.54, 1.807) is 36.5 Å². The van der Waals surface area contributed by atoms with Crippen LogP contribution >= 0.6 is 11.6 Å². The van der Waals surface area contributed by atoms with Gasteiger partial charge in [-0.05, 0) is 18.2 Å². The van der Waals surface area contributed by atoms with Gasteiger partial charge < -0.3 is 0 Å². The molecular formula is C11H7ClN2O. The van der Waals surface area contributed by atoms with E-state index in [-0.39, 0.29) is 5.56 Å². The molecule has 2 rings (SSSR count). The standard InChI is InChI=1S/C11H7ClN2O/c12-9-4-2-8(3-5-9)10-11(15)14-7-1-6-13-10/h1-7H. The second-order valence-electron chi connectivity index (χ2n) is 2.91. The smallest absolute Gasteiger partial charge is 0.265 e. The van der Waals surface area contributed by atoms with Crippen LogP contribution in [0, 0.1) is 0 Å². The van der Waals surface area contributed by atoms with Crippen molar-refractivity contribution in [1.29, 1.82) is 0 Å². The Morgan fingerprint density at radius 3 is 2.40 bits per heavy atom. The minimum Gasteiger partial charge on any atom is -0.265 e. The Morgan fingerprint density at radius 2 is 1.67 bits per heavy atom. The summed E-state index contributed by atoms with van der Waals surface area (Å²) < 4.78 is 0. The Labute approximate surface area is 91.4 Å². The molecule has 0 atom stereocenters. The lowest BCUT2D eigenvalue weighted by Gasteiger charge is -1.95. The lowest BCUT2D eigenvalue weighted by atomic mass is 10.2. The van der Waals surface area contributed by atoms with Gasteiger partial charge in [0, 0.05) is 23.0 Å². The molecule has 1 aromatic heterocycles. The average molecular weight is 219 g/mol. The molecule has 15 heavy (non-hydrogen) atoms. The highest BCUT2D eigenvalue weighted by atomic mass is 35.5. The van der Waals surface area contributed by atoms with Crippen molar-refractivity contribution in [3.8, 4) is 11.3 Å². The Bertz CT molecular complexity index is 525. The molecule has 0 fully saturated rings. The lowest BCUT2D eigenvalue weighted by molar-refractivity contribution is 1.24. The molecule has 0 spiro atoms. The monoisotopic (exact) mass is 218 g/mol. The highest BCUT2D eigenvalue weighted by molar-refractivity contribution is 6.30. The van der Waals surface area contributed by atoms with Gasteiger partial charge in [0.25, 0.3) is 5.56 Å². The van der Waals surface area contributed by atoms with Gasteiger partial charge in [-0.15, -0.1) is 0 Å². The van der Waals surface area contributed by atoms with E-state index >= 15 is 0 Å². The molecule has 1 aromatic carbocycles. The molecule has 1 heterocycles. The number of hydrogen-bond donors (Lipinski definition) is 0. The van der Waals surface area contributed by atoms with Crippen molar-refractivity contribution in [3.63, 3.8) is 0 Å². The third kappa shape index (κ3) is 2.19. The fraction of sp³-hybridized carbons (Fsp3) is 0. The van der Waals surface area contributed by atoms with Crippen LogP contribution in [-0.2, 0) is 0 Å². The van der Waals surface area contributed by atoms with Crippen LogP contribution in [0.25, 0.3) is 11.3 Å². The summed E-state index contributed by atoms with van der Waals surface area (Å²) in [4.78, 5) is 19.2. The van der Waals surface area contributed by atoms with Crippen LogP contribution in [0.15, 0.2) is 47.5 Å². The second-order valence-corrected chi connectivity index (χ2v) is 3.35. The summed E-state index contributed by atoms with van der Waals surface area (Å²) in [5, 5.41) is 0.625. The fourth-order valence-corrected chi connectivity index (χ4v) is 1.31. The second kappa shape index (κ2) is 4.19. The zero-order valence-corrected chi connectivity index (χ0v) is 8.48. The van der Waals surface area contributed by atoms with Gasteiger partial charge in [0.2, 0.25) is 0 Å². The van der Waals surface area contributed by atoms with Gasteiger partial charge in [0.05, 0.1) is 0 Å². The minimum atomic E-state index is -0.345. The normalized spacial score (nSPS) is 9.93. The minimum absolute atomic E-state index is 0.330. The lowest BCUT2D eigenvalue weighted by Crippen LogP contribution is -2.05. The summed E-state index contributed by atoms with van der Waals surface area (Å²) in [6.45, 7) is 0. The van der Waals surface area contributed by atoms with Crippen molar-refractivity contribution in [2.75, 3.05) is 0 Å². The topological polar surface area (TPSA) is 42.9 Å². The Balaban J connectivity index is 2.60. The third-order valence-electron chi connectivity index (χ3n) is 1.89. The molecule has 0 amide bonds. The number of benzene rings is 1. The van der Waals surface area contributed by atoms with Gasteiger partial charge in [0.15, 0.2) is 0 Å². The van der Waals surface area contributed by atoms with Crippen LogP contribution < -0.4 is 5.56 Å². The van der Waals surface area contributed by atoms with E-state index < -0.39 is 0 Å². The van der Waals surface area contributed by atoms with E-state index in [1.807, 2.05) is 0 Å². The fourth-order valence-electron chi connectivity index (χ4n) is 1.19. The van der Waals surface area contributed by atoms with Crippen molar-refractivity contribution < 1.29 is 0 Å². The summed E-state index contributed by atoms with van der Waals surface area (Å²) in [6, 6.07) is 8.53. The SMILES string of the molecule is O=c1ncccnc1-c1ccc(Cl)cc1. The number of hydrogen-bond acceptors (Lipinski definition) is 3. The number of rotatable bonds is 1. The molecule has 74 valence electrons. The predicted molar refractivity (Wildman–Crippen MR) is 58.7 cm³/mol. The summed E-state index contributed by atoms with van der Waals surface area (Å²) in [6.07, 6.45) is 2.97. The van der Waals surface area contributed by atoms with Gasteiger partial charge >= 0.3 is 0 Å². The van der Waals surface area contributed by atoms with Gasteiger partial charge in [-0.25, -0.2) is 4.98 Å². The average Bonchev–Trinajstić information content (AvgIpc) is 2.44. The molecule has 0 bridgehead atoms. The first-order valence-electron chi connectivity index (χ1n) is 4.34. The largest absolute Gasteiger partial charge is 0.296 e. The van der Waals surface area contributed by atoms with E-state index in [9.17, 15) is 4.79 Å². The van der Waals surface area contributed by atoms with Crippen molar-refractivity contribution in [3.05, 3.63) is 58.1 Å². The van der Waals surface area contributed by atoms with E-state index in [0.29, 0.717) is 16.3 Å². The van der Waals surface area contributed by atoms with Crippen molar-refractivity contribution in [2.24, 2.45) is 0 Å². The quantitative estimate of drug-likeness (QED) is 0.737. The highest BCUT2D eigenvalue weighted by Gasteiger charge is 2.02. The first-order valence-corrected chi connectivity index (χ1v) is 4.72. The first-order chi connectivity index (χ1) is 7.27. The van der Waals surface area contributed by atoms with Crippen LogP contribution in [0.1, 0.15) is 0 Å². The molecule has 2 aromatic rings. The Hall–Kier alpha value is -1.74. The van der Waals surface area contributed by atoms with Crippen molar-refractivity contribution in [2.45, 2.75) is 0 Å². The van der Waals surface area contributed by atoms with Crippen LogP contribution in [0.3, 0.4) is 0 Å². The maximum absolute atomic E-state index is 11.5. The maximum Gasteiger partial charge on any atom is 0.296 e. The van der Waals surface area contributed by atoms with E-state index in [4.69, 9.17) is 11.6 Å². The molecule has 0 saturated carbocycles. The van der Waals surface area contributed by atoms with Crippen LogP contribution in [0.5, 0.6) is 0 Å². The summed E-state index contributed by atoms with van der Waals surface area (Å²) in [7, 11) is 0. The maximum atomic E-state index is 11.5. The molecular weight excluding hydrogens is 212 g/mol. The molecule has 0 unspecified atom stereocenters. The number of aromatic nitrogens is 2. The van der Waals surface area contributed by atoms with Crippen molar-refractivity contribution >= 4 is 11.6 Å². The third-order valence-corrected chi connectivity index (χ3v) is 2.14. The first kappa shape index (κ1) is 9.80. The summed E-state index contributed by atoms with van der Waals surface area (Å²) >= 11 is 5.75.